The average Bonchev–Trinajstić information content (AvgIpc) is 1.59. The highest BCUT2D eigenvalue weighted by molar-refractivity contribution is 8.00. The second-order valence-electron chi connectivity index (χ2n) is 25.2. The van der Waals surface area contributed by atoms with Gasteiger partial charge in [0.25, 0.3) is 0 Å². The summed E-state index contributed by atoms with van der Waals surface area (Å²) in [4.78, 5) is 12.0. The summed E-state index contributed by atoms with van der Waals surface area (Å²) in [6.45, 7) is 0. The Morgan fingerprint density at radius 1 is 0.255 bits per heavy atom. The third kappa shape index (κ3) is 9.06. The molecule has 0 N–H and O–H groups in total. The lowest BCUT2D eigenvalue weighted by atomic mass is 9.99. The third-order valence-electron chi connectivity index (χ3n) is 19.6. The topological polar surface area (TPSA) is 32.7 Å². The average molecular weight is 1290 g/mol. The zero-order valence-corrected chi connectivity index (χ0v) is 54.5. The van der Waals surface area contributed by atoms with E-state index in [1.807, 2.05) is 29.6 Å². The molecule has 6 nitrogen and oxygen atoms in total. The van der Waals surface area contributed by atoms with Crippen LogP contribution in [0.15, 0.2) is 370 Å². The van der Waals surface area contributed by atoms with Crippen LogP contribution in [0.5, 0.6) is 0 Å². The fraction of sp³-hybridized carbons (Fsp3) is 0. The Kier molecular flexibility index (Phi) is 13.0. The molecule has 0 aliphatic carbocycles. The maximum absolute atomic E-state index is 6.66. The van der Waals surface area contributed by atoms with Crippen LogP contribution in [-0.4, -0.2) is 9.13 Å². The smallest absolute Gasteiger partial charge is 0.159 e. The predicted octanol–water partition coefficient (Wildman–Crippen LogP) is 26.1. The molecule has 8 heteroatoms. The number of aromatic nitrogens is 2. The van der Waals surface area contributed by atoms with E-state index >= 15 is 0 Å². The van der Waals surface area contributed by atoms with Crippen LogP contribution < -0.4 is 14.7 Å². The molecule has 5 heterocycles. The zero-order valence-electron chi connectivity index (χ0n) is 52.9. The van der Waals surface area contributed by atoms with Gasteiger partial charge in [0.15, 0.2) is 5.58 Å². The van der Waals surface area contributed by atoms with Gasteiger partial charge in [0.1, 0.15) is 5.58 Å². The third-order valence-corrected chi connectivity index (χ3v) is 21.9. The van der Waals surface area contributed by atoms with Crippen molar-refractivity contribution in [2.75, 3.05) is 14.7 Å². The van der Waals surface area contributed by atoms with E-state index in [9.17, 15) is 0 Å². The van der Waals surface area contributed by atoms with Crippen molar-refractivity contribution >= 4 is 140 Å². The van der Waals surface area contributed by atoms with Crippen molar-refractivity contribution in [2.45, 2.75) is 19.6 Å². The van der Waals surface area contributed by atoms with Crippen LogP contribution in [0.25, 0.3) is 110 Å². The van der Waals surface area contributed by atoms with Crippen molar-refractivity contribution < 1.29 is 4.42 Å². The summed E-state index contributed by atoms with van der Waals surface area (Å²) in [5, 5.41) is 6.99. The number of rotatable bonds is 10. The summed E-state index contributed by atoms with van der Waals surface area (Å²) in [6.07, 6.45) is 0. The largest absolute Gasteiger partial charge is 0.454 e. The summed E-state index contributed by atoms with van der Waals surface area (Å²) >= 11 is 3.71. The molecule has 2 aliphatic heterocycles. The highest BCUT2D eigenvalue weighted by Gasteiger charge is 2.30. The molecule has 18 aromatic rings. The molecule has 15 aromatic carbocycles. The van der Waals surface area contributed by atoms with Crippen LogP contribution >= 0.6 is 23.5 Å². The van der Waals surface area contributed by atoms with Gasteiger partial charge in [-0.25, -0.2) is 0 Å². The Balaban J connectivity index is 0.724. The lowest BCUT2D eigenvalue weighted by Crippen LogP contribution is -2.15. The summed E-state index contributed by atoms with van der Waals surface area (Å²) in [7, 11) is 0. The molecule has 0 saturated heterocycles. The zero-order chi connectivity index (χ0) is 64.4. The van der Waals surface area contributed by atoms with E-state index in [1.54, 1.807) is 0 Å². The quantitative estimate of drug-likeness (QED) is 0.136. The van der Waals surface area contributed by atoms with Crippen LogP contribution in [0.2, 0.25) is 0 Å². The van der Waals surface area contributed by atoms with Gasteiger partial charge in [0.05, 0.1) is 50.5 Å². The van der Waals surface area contributed by atoms with Crippen LogP contribution in [0.3, 0.4) is 0 Å². The molecule has 0 radical (unpaired) electrons. The van der Waals surface area contributed by atoms with E-state index in [1.165, 1.54) is 63.6 Å². The van der Waals surface area contributed by atoms with E-state index in [0.717, 1.165) is 117 Å². The Labute approximate surface area is 574 Å². The van der Waals surface area contributed by atoms with E-state index in [-0.39, 0.29) is 0 Å². The molecule has 2 aliphatic rings. The van der Waals surface area contributed by atoms with Crippen LogP contribution in [0.1, 0.15) is 0 Å². The molecule has 3 aromatic heterocycles. The van der Waals surface area contributed by atoms with Gasteiger partial charge in [-0.2, -0.15) is 0 Å². The second-order valence-corrected chi connectivity index (χ2v) is 27.3. The lowest BCUT2D eigenvalue weighted by Gasteiger charge is -2.34. The lowest BCUT2D eigenvalue weighted by molar-refractivity contribution is 0.666. The molecule has 0 bridgehead atoms. The first-order valence-electron chi connectivity index (χ1n) is 33.2. The van der Waals surface area contributed by atoms with Crippen molar-refractivity contribution in [3.05, 3.63) is 346 Å². The first kappa shape index (κ1) is 56.2. The van der Waals surface area contributed by atoms with Crippen LogP contribution in [0, 0.1) is 0 Å². The van der Waals surface area contributed by atoms with E-state index < -0.39 is 0 Å². The van der Waals surface area contributed by atoms with Crippen molar-refractivity contribution in [1.82, 2.24) is 9.13 Å². The Bertz CT molecular complexity index is 6160. The molecule has 0 spiro atoms. The number of nitrogens with zero attached hydrogens (tertiary/aromatic N) is 5. The van der Waals surface area contributed by atoms with Crippen molar-refractivity contribution in [1.29, 1.82) is 0 Å². The molecule has 0 unspecified atom stereocenters. The number of hydrogen-bond donors (Lipinski definition) is 0. The first-order chi connectivity index (χ1) is 48.6. The molecule has 0 atom stereocenters. The molecule has 0 fully saturated rings. The van der Waals surface area contributed by atoms with Crippen LogP contribution in [0.4, 0.5) is 51.2 Å². The highest BCUT2D eigenvalue weighted by atomic mass is 32.2. The summed E-state index contributed by atoms with van der Waals surface area (Å²) in [5.41, 5.74) is 25.6. The van der Waals surface area contributed by atoms with Gasteiger partial charge in [-0.05, 0) is 203 Å². The fourth-order valence-corrected chi connectivity index (χ4v) is 17.5. The van der Waals surface area contributed by atoms with Gasteiger partial charge >= 0.3 is 0 Å². The summed E-state index contributed by atoms with van der Waals surface area (Å²) in [6, 6.07) is 126. The monoisotopic (exact) mass is 1290 g/mol. The summed E-state index contributed by atoms with van der Waals surface area (Å²) < 4.78 is 11.5. The van der Waals surface area contributed by atoms with Gasteiger partial charge in [-0.1, -0.05) is 199 Å². The number of furan rings is 1. The maximum atomic E-state index is 6.66. The SMILES string of the molecule is c1ccc(N(c2ccccc2)c2ccc(-n3c4ccc(-c5ccc6c(c5)Sc5ccccc5N6c5ccccc5)cc4c4cc(-c5cccc6c5Sc5cc(-c7ccc8c(c7)c7ccccc7n8-c7cccc8c7oc7ccccc78)ccc5N6c5ccccc5)ccc43)cc2)cc1. The number of hydrogen-bond acceptors (Lipinski definition) is 6. The van der Waals surface area contributed by atoms with Gasteiger partial charge in [-0.15, -0.1) is 0 Å². The van der Waals surface area contributed by atoms with Crippen molar-refractivity contribution in [2.24, 2.45) is 0 Å². The Hall–Kier alpha value is -12.2. The normalized spacial score (nSPS) is 12.6. The standard InChI is InChI=1S/C90H57N5OS2/c1-5-21-63(22-6-1)91(64-23-7-2-8-24-64)67-44-46-68(47-45-67)92-77-48-39-59(60-41-51-81-87(56-60)97-86-38-18-16-34-80(86)93(81)65-25-9-3-10-26-65)54-74(77)75-55-62(43-50-78(75)92)69-31-19-36-84-90(69)98-88-57-61(42-52-82(88)94(84)66-27-11-4-12-28-66)58-40-49-79-73(53-58)70-29-13-15-33-76(70)95(79)83-35-20-32-72-71-30-14-17-37-85(71)96-89(72)83/h1-57H. The number of benzene rings is 15. The Morgan fingerprint density at radius 3 is 1.38 bits per heavy atom. The van der Waals surface area contributed by atoms with Crippen molar-refractivity contribution in [3.8, 4) is 44.8 Å². The van der Waals surface area contributed by atoms with E-state index in [0.29, 0.717) is 0 Å². The minimum atomic E-state index is 0.885. The second kappa shape index (κ2) is 22.7. The molecule has 0 saturated carbocycles. The molecule has 0 amide bonds. The van der Waals surface area contributed by atoms with Gasteiger partial charge < -0.3 is 28.3 Å². The van der Waals surface area contributed by atoms with Gasteiger partial charge in [-0.3, -0.25) is 0 Å². The van der Waals surface area contributed by atoms with Gasteiger partial charge in [0, 0.05) is 86.0 Å². The minimum Gasteiger partial charge on any atom is -0.454 e. The summed E-state index contributed by atoms with van der Waals surface area (Å²) in [5.74, 6) is 0. The van der Waals surface area contributed by atoms with Gasteiger partial charge in [0.2, 0.25) is 0 Å². The number of para-hydroxylation sites is 8. The molecular formula is C90H57N5OS2. The van der Waals surface area contributed by atoms with Crippen molar-refractivity contribution in [3.63, 3.8) is 0 Å². The van der Waals surface area contributed by atoms with Crippen LogP contribution in [-0.2, 0) is 0 Å². The fourth-order valence-electron chi connectivity index (χ4n) is 15.2. The number of fused-ring (bicyclic) bond motifs is 13. The molecule has 460 valence electrons. The first-order valence-corrected chi connectivity index (χ1v) is 34.8. The number of anilines is 9. The van der Waals surface area contributed by atoms with E-state index in [4.69, 9.17) is 4.42 Å². The Morgan fingerprint density at radius 2 is 0.704 bits per heavy atom. The minimum absolute atomic E-state index is 0.885. The molecule has 20 rings (SSSR count). The van der Waals surface area contributed by atoms with E-state index in [2.05, 4.69) is 364 Å². The maximum Gasteiger partial charge on any atom is 0.159 e. The highest BCUT2D eigenvalue weighted by Crippen LogP contribution is 2.57. The molecular weight excluding hydrogens is 1230 g/mol. The predicted molar refractivity (Wildman–Crippen MR) is 411 cm³/mol. The molecule has 98 heavy (non-hydrogen) atoms.